The van der Waals surface area contributed by atoms with Crippen LogP contribution in [0.4, 0.5) is 0 Å². The molecule has 16 heavy (non-hydrogen) atoms. The Labute approximate surface area is 100 Å². The smallest absolute Gasteiger partial charge is 0.0700 e. The predicted octanol–water partition coefficient (Wildman–Crippen LogP) is 3.11. The van der Waals surface area contributed by atoms with Crippen molar-refractivity contribution >= 4 is 0 Å². The third kappa shape index (κ3) is 3.74. The van der Waals surface area contributed by atoms with Crippen molar-refractivity contribution in [2.45, 2.75) is 70.4 Å². The van der Waals surface area contributed by atoms with Gasteiger partial charge in [-0.2, -0.15) is 0 Å². The minimum absolute atomic E-state index is 0.505. The highest BCUT2D eigenvalue weighted by molar-refractivity contribution is 4.77. The van der Waals surface area contributed by atoms with Crippen LogP contribution in [0.1, 0.15) is 58.3 Å². The summed E-state index contributed by atoms with van der Waals surface area (Å²) in [5.74, 6) is 0.995. The van der Waals surface area contributed by atoms with Gasteiger partial charge in [0, 0.05) is 19.2 Å². The molecule has 2 rings (SSSR count). The van der Waals surface area contributed by atoms with Crippen LogP contribution in [0.2, 0.25) is 0 Å². The van der Waals surface area contributed by atoms with E-state index in [0.717, 1.165) is 25.1 Å². The molecule has 2 heteroatoms. The summed E-state index contributed by atoms with van der Waals surface area (Å²) in [5.41, 5.74) is 0. The van der Waals surface area contributed by atoms with E-state index in [1.54, 1.807) is 0 Å². The van der Waals surface area contributed by atoms with Crippen LogP contribution in [0.15, 0.2) is 0 Å². The van der Waals surface area contributed by atoms with Crippen molar-refractivity contribution < 1.29 is 4.74 Å². The van der Waals surface area contributed by atoms with Gasteiger partial charge in [0.25, 0.3) is 0 Å². The fourth-order valence-corrected chi connectivity index (χ4v) is 3.09. The molecule has 1 aliphatic heterocycles. The monoisotopic (exact) mass is 225 g/mol. The zero-order valence-electron chi connectivity index (χ0n) is 10.7. The fraction of sp³-hybridized carbons (Fsp3) is 1.00. The van der Waals surface area contributed by atoms with E-state index in [0.29, 0.717) is 6.10 Å². The highest BCUT2D eigenvalue weighted by Crippen LogP contribution is 2.25. The maximum atomic E-state index is 5.66. The average Bonchev–Trinajstić information content (AvgIpc) is 2.72. The molecule has 1 saturated heterocycles. The van der Waals surface area contributed by atoms with Gasteiger partial charge in [-0.1, -0.05) is 26.2 Å². The molecule has 0 amide bonds. The second-order valence-corrected chi connectivity index (χ2v) is 5.52. The molecule has 2 nitrogen and oxygen atoms in total. The maximum Gasteiger partial charge on any atom is 0.0700 e. The van der Waals surface area contributed by atoms with Gasteiger partial charge >= 0.3 is 0 Å². The van der Waals surface area contributed by atoms with Crippen molar-refractivity contribution in [2.75, 3.05) is 13.2 Å². The van der Waals surface area contributed by atoms with Crippen LogP contribution in [0.5, 0.6) is 0 Å². The molecule has 0 bridgehead atoms. The van der Waals surface area contributed by atoms with E-state index < -0.39 is 0 Å². The topological polar surface area (TPSA) is 21.3 Å². The Bertz CT molecular complexity index is 189. The summed E-state index contributed by atoms with van der Waals surface area (Å²) < 4.78 is 5.66. The Balaban J connectivity index is 1.65. The summed E-state index contributed by atoms with van der Waals surface area (Å²) in [4.78, 5) is 0. The molecule has 1 aliphatic carbocycles. The van der Waals surface area contributed by atoms with E-state index in [1.807, 2.05) is 0 Å². The summed E-state index contributed by atoms with van der Waals surface area (Å²) in [5, 5.41) is 3.72. The van der Waals surface area contributed by atoms with Gasteiger partial charge < -0.3 is 10.1 Å². The number of hydrogen-bond donors (Lipinski definition) is 1. The van der Waals surface area contributed by atoms with Crippen LogP contribution >= 0.6 is 0 Å². The first kappa shape index (κ1) is 12.4. The van der Waals surface area contributed by atoms with Crippen LogP contribution in [0.25, 0.3) is 0 Å². The van der Waals surface area contributed by atoms with Crippen molar-refractivity contribution in [1.82, 2.24) is 5.32 Å². The predicted molar refractivity (Wildman–Crippen MR) is 67.6 cm³/mol. The first-order valence-electron chi connectivity index (χ1n) is 7.23. The van der Waals surface area contributed by atoms with Crippen LogP contribution in [0, 0.1) is 5.92 Å². The van der Waals surface area contributed by atoms with E-state index >= 15 is 0 Å². The minimum atomic E-state index is 0.505. The Morgan fingerprint density at radius 1 is 1.06 bits per heavy atom. The first-order chi connectivity index (χ1) is 7.88. The van der Waals surface area contributed by atoms with Gasteiger partial charge in [-0.3, -0.25) is 0 Å². The maximum absolute atomic E-state index is 5.66. The molecule has 2 fully saturated rings. The summed E-state index contributed by atoms with van der Waals surface area (Å²) in [6, 6.07) is 0.765. The van der Waals surface area contributed by atoms with Gasteiger partial charge in [0.05, 0.1) is 6.10 Å². The van der Waals surface area contributed by atoms with Crippen LogP contribution in [-0.2, 0) is 4.74 Å². The molecule has 1 heterocycles. The zero-order valence-corrected chi connectivity index (χ0v) is 10.7. The minimum Gasteiger partial charge on any atom is -0.377 e. The summed E-state index contributed by atoms with van der Waals surface area (Å²) in [6.07, 6.45) is 11.5. The lowest BCUT2D eigenvalue weighted by Crippen LogP contribution is -2.35. The third-order valence-corrected chi connectivity index (χ3v) is 4.32. The van der Waals surface area contributed by atoms with Crippen molar-refractivity contribution in [1.29, 1.82) is 0 Å². The highest BCUT2D eigenvalue weighted by Gasteiger charge is 2.20. The number of ether oxygens (including phenoxy) is 1. The Morgan fingerprint density at radius 3 is 2.75 bits per heavy atom. The van der Waals surface area contributed by atoms with Gasteiger partial charge in [0.1, 0.15) is 0 Å². The van der Waals surface area contributed by atoms with E-state index in [1.165, 1.54) is 51.4 Å². The second kappa shape index (κ2) is 6.61. The van der Waals surface area contributed by atoms with Crippen molar-refractivity contribution in [3.8, 4) is 0 Å². The van der Waals surface area contributed by atoms with Gasteiger partial charge in [-0.15, -0.1) is 0 Å². The summed E-state index contributed by atoms with van der Waals surface area (Å²) >= 11 is 0. The lowest BCUT2D eigenvalue weighted by atomic mass is 9.98. The summed E-state index contributed by atoms with van der Waals surface area (Å²) in [6.45, 7) is 4.40. The molecule has 1 N–H and O–H groups in total. The second-order valence-electron chi connectivity index (χ2n) is 5.52. The van der Waals surface area contributed by atoms with Crippen LogP contribution in [0.3, 0.4) is 0 Å². The Hall–Kier alpha value is -0.0800. The number of nitrogens with one attached hydrogen (secondary N) is 1. The standard InChI is InChI=1S/C14H27NO/c1-2-12-5-3-6-13(9-8-12)15-11-14-7-4-10-16-14/h12-15H,2-11H2,1H3. The molecule has 0 spiro atoms. The van der Waals surface area contributed by atoms with Gasteiger partial charge in [-0.25, -0.2) is 0 Å². The lowest BCUT2D eigenvalue weighted by molar-refractivity contribution is 0.107. The largest absolute Gasteiger partial charge is 0.377 e. The van der Waals surface area contributed by atoms with Gasteiger partial charge in [-0.05, 0) is 38.0 Å². The quantitative estimate of drug-likeness (QED) is 0.742. The van der Waals surface area contributed by atoms with E-state index in [2.05, 4.69) is 12.2 Å². The highest BCUT2D eigenvalue weighted by atomic mass is 16.5. The van der Waals surface area contributed by atoms with Crippen molar-refractivity contribution in [3.63, 3.8) is 0 Å². The number of rotatable bonds is 4. The SMILES string of the molecule is CCC1CCCC(NCC2CCCO2)CC1. The molecule has 2 aliphatic rings. The molecule has 3 atom stereocenters. The van der Waals surface area contributed by atoms with E-state index in [4.69, 9.17) is 4.74 Å². The normalized spacial score (nSPS) is 36.2. The fourth-order valence-electron chi connectivity index (χ4n) is 3.09. The Morgan fingerprint density at radius 2 is 2.00 bits per heavy atom. The lowest BCUT2D eigenvalue weighted by Gasteiger charge is -2.19. The molecule has 94 valence electrons. The van der Waals surface area contributed by atoms with E-state index in [-0.39, 0.29) is 0 Å². The molecule has 0 aromatic rings. The molecule has 3 unspecified atom stereocenters. The van der Waals surface area contributed by atoms with Gasteiger partial charge in [0.2, 0.25) is 0 Å². The Kier molecular flexibility index (Phi) is 5.11. The zero-order chi connectivity index (χ0) is 11.2. The molecule has 0 aromatic carbocycles. The average molecular weight is 225 g/mol. The molecular formula is C14H27NO. The molecular weight excluding hydrogens is 198 g/mol. The first-order valence-corrected chi connectivity index (χ1v) is 7.23. The van der Waals surface area contributed by atoms with E-state index in [9.17, 15) is 0 Å². The molecule has 0 radical (unpaired) electrons. The summed E-state index contributed by atoms with van der Waals surface area (Å²) in [7, 11) is 0. The van der Waals surface area contributed by atoms with Crippen molar-refractivity contribution in [2.24, 2.45) is 5.92 Å². The van der Waals surface area contributed by atoms with Crippen LogP contribution < -0.4 is 5.32 Å². The van der Waals surface area contributed by atoms with Crippen LogP contribution in [-0.4, -0.2) is 25.3 Å². The number of hydrogen-bond acceptors (Lipinski definition) is 2. The van der Waals surface area contributed by atoms with Gasteiger partial charge in [0.15, 0.2) is 0 Å². The molecule has 0 aromatic heterocycles. The third-order valence-electron chi connectivity index (χ3n) is 4.32. The molecule has 1 saturated carbocycles. The van der Waals surface area contributed by atoms with Crippen molar-refractivity contribution in [3.05, 3.63) is 0 Å².